The lowest BCUT2D eigenvalue weighted by Gasteiger charge is -2.26. The lowest BCUT2D eigenvalue weighted by Crippen LogP contribution is -2.54. The predicted molar refractivity (Wildman–Crippen MR) is 146 cm³/mol. The Labute approximate surface area is 230 Å². The molecule has 1 heterocycles. The van der Waals surface area contributed by atoms with Gasteiger partial charge in [-0.2, -0.15) is 0 Å². The summed E-state index contributed by atoms with van der Waals surface area (Å²) >= 11 is 8.87. The Morgan fingerprint density at radius 1 is 1.03 bits per heavy atom. The number of barbiturate groups is 1. The van der Waals surface area contributed by atoms with E-state index in [1.807, 2.05) is 13.0 Å². The van der Waals surface area contributed by atoms with E-state index in [2.05, 4.69) is 59.8 Å². The van der Waals surface area contributed by atoms with Crippen LogP contribution in [0.4, 0.5) is 10.5 Å². The number of anilines is 1. The lowest BCUT2D eigenvalue weighted by molar-refractivity contribution is -0.122. The van der Waals surface area contributed by atoms with Gasteiger partial charge in [-0.05, 0) is 100 Å². The number of rotatable bonds is 4. The van der Waals surface area contributed by atoms with E-state index in [0.29, 0.717) is 20.2 Å². The van der Waals surface area contributed by atoms with E-state index in [1.165, 1.54) is 6.08 Å². The molecule has 0 saturated carbocycles. The first-order chi connectivity index (χ1) is 16.6. The quantitative estimate of drug-likeness (QED) is 0.118. The number of halogens is 3. The zero-order valence-electron chi connectivity index (χ0n) is 18.0. The molecule has 1 saturated heterocycles. The first-order valence-electron chi connectivity index (χ1n) is 10.1. The van der Waals surface area contributed by atoms with Crippen molar-refractivity contribution in [1.82, 2.24) is 5.32 Å². The van der Waals surface area contributed by atoms with Crippen molar-refractivity contribution in [3.05, 3.63) is 95.4 Å². The SMILES string of the molecule is Cc1cccc(C(=O)Oc2c(Br)cc(Br)cc2/C=C2/C(=O)NC(=O)N(c3ccc(I)cc3)C2=O)c1. The van der Waals surface area contributed by atoms with Gasteiger partial charge in [0.25, 0.3) is 11.8 Å². The van der Waals surface area contributed by atoms with E-state index in [-0.39, 0.29) is 16.9 Å². The van der Waals surface area contributed by atoms with Gasteiger partial charge in [0.2, 0.25) is 0 Å². The summed E-state index contributed by atoms with van der Waals surface area (Å²) in [6.07, 6.45) is 1.29. The van der Waals surface area contributed by atoms with Crippen molar-refractivity contribution in [3.8, 4) is 5.75 Å². The van der Waals surface area contributed by atoms with Gasteiger partial charge in [-0.3, -0.25) is 14.9 Å². The number of carbonyl (C=O) groups excluding carboxylic acids is 4. The lowest BCUT2D eigenvalue weighted by atomic mass is 10.1. The average molecular weight is 710 g/mol. The minimum absolute atomic E-state index is 0.116. The molecule has 3 aromatic carbocycles. The first-order valence-corrected chi connectivity index (χ1v) is 12.8. The van der Waals surface area contributed by atoms with Crippen molar-refractivity contribution in [2.24, 2.45) is 0 Å². The largest absolute Gasteiger partial charge is 0.421 e. The third-order valence-corrected chi connectivity index (χ3v) is 6.74. The number of urea groups is 1. The number of imide groups is 2. The molecule has 1 N–H and O–H groups in total. The number of amides is 4. The molecule has 35 heavy (non-hydrogen) atoms. The molecule has 0 unspecified atom stereocenters. The predicted octanol–water partition coefficient (Wildman–Crippen LogP) is 6.01. The normalized spacial score (nSPS) is 14.8. The Morgan fingerprint density at radius 2 is 1.74 bits per heavy atom. The highest BCUT2D eigenvalue weighted by atomic mass is 127. The van der Waals surface area contributed by atoms with Crippen LogP contribution in [0.15, 0.2) is 75.2 Å². The minimum atomic E-state index is -0.853. The molecule has 0 atom stereocenters. The topological polar surface area (TPSA) is 92.8 Å². The third-order valence-electron chi connectivity index (χ3n) is 4.97. The van der Waals surface area contributed by atoms with E-state index >= 15 is 0 Å². The molecule has 0 spiro atoms. The van der Waals surface area contributed by atoms with Crippen molar-refractivity contribution in [2.45, 2.75) is 6.92 Å². The average Bonchev–Trinajstić information content (AvgIpc) is 2.79. The van der Waals surface area contributed by atoms with Gasteiger partial charge in [-0.1, -0.05) is 33.6 Å². The van der Waals surface area contributed by atoms with Gasteiger partial charge >= 0.3 is 12.0 Å². The number of benzene rings is 3. The van der Waals surface area contributed by atoms with E-state index in [0.717, 1.165) is 14.0 Å². The molecule has 176 valence electrons. The number of nitrogens with one attached hydrogen (secondary N) is 1. The van der Waals surface area contributed by atoms with Gasteiger partial charge in [-0.25, -0.2) is 14.5 Å². The zero-order chi connectivity index (χ0) is 25.3. The van der Waals surface area contributed by atoms with E-state index in [9.17, 15) is 19.2 Å². The summed E-state index contributed by atoms with van der Waals surface area (Å²) in [5.74, 6) is -2.14. The molecule has 4 amide bonds. The van der Waals surface area contributed by atoms with E-state index in [4.69, 9.17) is 4.74 Å². The van der Waals surface area contributed by atoms with Crippen LogP contribution >= 0.6 is 54.5 Å². The second kappa shape index (κ2) is 10.4. The first kappa shape index (κ1) is 25.3. The Bertz CT molecular complexity index is 1420. The van der Waals surface area contributed by atoms with Crippen LogP contribution in [-0.4, -0.2) is 23.8 Å². The van der Waals surface area contributed by atoms with Crippen LogP contribution in [0.3, 0.4) is 0 Å². The standard InChI is InChI=1S/C25H15Br2IN2O5/c1-13-3-2-4-14(9-13)24(33)35-21-15(10-16(26)12-20(21)27)11-19-22(31)29-25(34)30(23(19)32)18-7-5-17(28)6-8-18/h2-12H,1H3,(H,29,31,34)/b19-11-. The van der Waals surface area contributed by atoms with Crippen LogP contribution in [0, 0.1) is 10.5 Å². The second-order valence-electron chi connectivity index (χ2n) is 7.50. The maximum absolute atomic E-state index is 13.2. The van der Waals surface area contributed by atoms with Crippen molar-refractivity contribution >= 4 is 90.0 Å². The summed E-state index contributed by atoms with van der Waals surface area (Å²) < 4.78 is 7.61. The molecular weight excluding hydrogens is 695 g/mol. The number of aryl methyl sites for hydroxylation is 1. The highest BCUT2D eigenvalue weighted by Crippen LogP contribution is 2.35. The summed E-state index contributed by atoms with van der Waals surface area (Å²) in [4.78, 5) is 52.0. The monoisotopic (exact) mass is 708 g/mol. The summed E-state index contributed by atoms with van der Waals surface area (Å²) in [5.41, 5.74) is 1.54. The fraction of sp³-hybridized carbons (Fsp3) is 0.0400. The van der Waals surface area contributed by atoms with Gasteiger partial charge < -0.3 is 4.74 Å². The molecule has 1 aliphatic heterocycles. The summed E-state index contributed by atoms with van der Waals surface area (Å²) in [7, 11) is 0. The van der Waals surface area contributed by atoms with Crippen LogP contribution in [-0.2, 0) is 9.59 Å². The molecule has 1 fully saturated rings. The second-order valence-corrected chi connectivity index (χ2v) is 10.5. The molecule has 10 heteroatoms. The molecule has 0 aliphatic carbocycles. The van der Waals surface area contributed by atoms with Crippen molar-refractivity contribution in [3.63, 3.8) is 0 Å². The molecule has 4 rings (SSSR count). The molecular formula is C25H15Br2IN2O5. The van der Waals surface area contributed by atoms with Crippen molar-refractivity contribution < 1.29 is 23.9 Å². The maximum atomic E-state index is 13.2. The number of nitrogens with zero attached hydrogens (tertiary/aromatic N) is 1. The number of hydrogen-bond donors (Lipinski definition) is 1. The molecule has 1 aliphatic rings. The Hall–Kier alpha value is -2.83. The maximum Gasteiger partial charge on any atom is 0.343 e. The molecule has 0 bridgehead atoms. The summed E-state index contributed by atoms with van der Waals surface area (Å²) in [5, 5.41) is 2.19. The van der Waals surface area contributed by atoms with E-state index < -0.39 is 23.8 Å². The van der Waals surface area contributed by atoms with Crippen LogP contribution < -0.4 is 15.0 Å². The Balaban J connectivity index is 1.75. The van der Waals surface area contributed by atoms with Crippen LogP contribution in [0.5, 0.6) is 5.75 Å². The number of carbonyl (C=O) groups is 4. The Morgan fingerprint density at radius 3 is 2.43 bits per heavy atom. The smallest absolute Gasteiger partial charge is 0.343 e. The number of esters is 1. The molecule has 0 radical (unpaired) electrons. The summed E-state index contributed by atoms with van der Waals surface area (Å²) in [6, 6.07) is 16.0. The molecule has 3 aromatic rings. The molecule has 7 nitrogen and oxygen atoms in total. The van der Waals surface area contributed by atoms with Gasteiger partial charge in [0.05, 0.1) is 15.7 Å². The van der Waals surface area contributed by atoms with Gasteiger partial charge in [0.15, 0.2) is 5.75 Å². The van der Waals surface area contributed by atoms with Crippen molar-refractivity contribution in [1.29, 1.82) is 0 Å². The van der Waals surface area contributed by atoms with Crippen LogP contribution in [0.2, 0.25) is 0 Å². The molecule has 0 aromatic heterocycles. The van der Waals surface area contributed by atoms with Gasteiger partial charge in [0.1, 0.15) is 5.57 Å². The Kier molecular flexibility index (Phi) is 7.53. The van der Waals surface area contributed by atoms with Gasteiger partial charge in [-0.15, -0.1) is 0 Å². The fourth-order valence-corrected chi connectivity index (χ4v) is 5.06. The number of ether oxygens (including phenoxy) is 1. The van der Waals surface area contributed by atoms with Gasteiger partial charge in [0, 0.05) is 13.6 Å². The zero-order valence-corrected chi connectivity index (χ0v) is 23.3. The van der Waals surface area contributed by atoms with Crippen LogP contribution in [0.25, 0.3) is 6.08 Å². The van der Waals surface area contributed by atoms with E-state index in [1.54, 1.807) is 54.6 Å². The van der Waals surface area contributed by atoms with Crippen molar-refractivity contribution in [2.75, 3.05) is 4.90 Å². The number of hydrogen-bond acceptors (Lipinski definition) is 5. The summed E-state index contributed by atoms with van der Waals surface area (Å²) in [6.45, 7) is 1.86. The highest BCUT2D eigenvalue weighted by molar-refractivity contribution is 14.1. The van der Waals surface area contributed by atoms with Crippen LogP contribution in [0.1, 0.15) is 21.5 Å². The minimum Gasteiger partial charge on any atom is -0.421 e. The third kappa shape index (κ3) is 5.54. The highest BCUT2D eigenvalue weighted by Gasteiger charge is 2.37. The fourth-order valence-electron chi connectivity index (χ4n) is 3.36.